The van der Waals surface area contributed by atoms with Gasteiger partial charge in [-0.15, -0.1) is 0 Å². The van der Waals surface area contributed by atoms with Crippen LogP contribution < -0.4 is 15.6 Å². The van der Waals surface area contributed by atoms with Crippen LogP contribution in [0.4, 0.5) is 0 Å². The first-order valence-electron chi connectivity index (χ1n) is 7.65. The van der Waals surface area contributed by atoms with Crippen LogP contribution in [-0.2, 0) is 11.2 Å². The number of aromatic nitrogens is 1. The van der Waals surface area contributed by atoms with Crippen LogP contribution in [0.25, 0.3) is 10.9 Å². The van der Waals surface area contributed by atoms with Gasteiger partial charge in [0.25, 0.3) is 0 Å². The van der Waals surface area contributed by atoms with Crippen LogP contribution >= 0.6 is 0 Å². The maximum Gasteiger partial charge on any atom is 0.234 e. The SMILES string of the molecule is CCc1ccc2c(C3NNC(=O)CC3C)ccc(OC)c2n1. The molecule has 5 heteroatoms. The Kier molecular flexibility index (Phi) is 3.98. The number of fused-ring (bicyclic) bond motifs is 1. The van der Waals surface area contributed by atoms with Gasteiger partial charge in [0.05, 0.1) is 13.2 Å². The van der Waals surface area contributed by atoms with E-state index < -0.39 is 0 Å². The number of ether oxygens (including phenoxy) is 1. The molecule has 1 aliphatic heterocycles. The molecule has 1 saturated heterocycles. The van der Waals surface area contributed by atoms with Gasteiger partial charge < -0.3 is 4.74 Å². The van der Waals surface area contributed by atoms with Crippen LogP contribution in [0.5, 0.6) is 5.75 Å². The number of nitrogens with one attached hydrogen (secondary N) is 2. The minimum Gasteiger partial charge on any atom is -0.494 e. The molecule has 5 nitrogen and oxygen atoms in total. The average Bonchev–Trinajstić information content (AvgIpc) is 2.53. The van der Waals surface area contributed by atoms with Crippen molar-refractivity contribution < 1.29 is 9.53 Å². The molecule has 1 aromatic carbocycles. The number of pyridine rings is 1. The van der Waals surface area contributed by atoms with Crippen LogP contribution in [0.2, 0.25) is 0 Å². The maximum absolute atomic E-state index is 11.5. The highest BCUT2D eigenvalue weighted by Crippen LogP contribution is 2.35. The lowest BCUT2D eigenvalue weighted by molar-refractivity contribution is -0.125. The lowest BCUT2D eigenvalue weighted by Crippen LogP contribution is -2.48. The summed E-state index contributed by atoms with van der Waals surface area (Å²) in [4.78, 5) is 16.2. The number of nitrogens with zero attached hydrogens (tertiary/aromatic N) is 1. The third kappa shape index (κ3) is 2.52. The number of hydrazine groups is 1. The molecule has 1 amide bonds. The summed E-state index contributed by atoms with van der Waals surface area (Å²) in [6.45, 7) is 4.17. The third-order valence-corrected chi connectivity index (χ3v) is 4.27. The molecule has 0 radical (unpaired) electrons. The monoisotopic (exact) mass is 299 g/mol. The summed E-state index contributed by atoms with van der Waals surface area (Å²) >= 11 is 0. The van der Waals surface area contributed by atoms with Gasteiger partial charge in [-0.05, 0) is 30.0 Å². The molecule has 116 valence electrons. The van der Waals surface area contributed by atoms with E-state index in [1.54, 1.807) is 7.11 Å². The Morgan fingerprint density at radius 2 is 2.14 bits per heavy atom. The standard InChI is InChI=1S/C17H21N3O2/c1-4-11-5-6-13-12(7-8-14(22-3)17(13)18-11)16-10(2)9-15(21)19-20-16/h5-8,10,16,20H,4,9H2,1-3H3,(H,19,21). The molecule has 0 bridgehead atoms. The molecule has 2 N–H and O–H groups in total. The zero-order valence-electron chi connectivity index (χ0n) is 13.1. The molecular formula is C17H21N3O2. The first-order chi connectivity index (χ1) is 10.6. The van der Waals surface area contributed by atoms with E-state index in [1.165, 1.54) is 0 Å². The Morgan fingerprint density at radius 3 is 2.82 bits per heavy atom. The van der Waals surface area contributed by atoms with Crippen molar-refractivity contribution in [1.29, 1.82) is 0 Å². The molecule has 2 aromatic rings. The molecule has 2 heterocycles. The van der Waals surface area contributed by atoms with Gasteiger partial charge in [-0.25, -0.2) is 10.4 Å². The van der Waals surface area contributed by atoms with E-state index in [0.717, 1.165) is 34.3 Å². The van der Waals surface area contributed by atoms with Crippen molar-refractivity contribution in [2.75, 3.05) is 7.11 Å². The van der Waals surface area contributed by atoms with Gasteiger partial charge in [-0.2, -0.15) is 0 Å². The highest BCUT2D eigenvalue weighted by molar-refractivity contribution is 5.88. The van der Waals surface area contributed by atoms with Gasteiger partial charge in [0.1, 0.15) is 11.3 Å². The van der Waals surface area contributed by atoms with Gasteiger partial charge in [0.2, 0.25) is 5.91 Å². The van der Waals surface area contributed by atoms with Gasteiger partial charge in [-0.1, -0.05) is 26.0 Å². The minimum absolute atomic E-state index is 0.0351. The lowest BCUT2D eigenvalue weighted by Gasteiger charge is -2.31. The summed E-state index contributed by atoms with van der Waals surface area (Å²) in [7, 11) is 1.66. The topological polar surface area (TPSA) is 63.2 Å². The van der Waals surface area contributed by atoms with E-state index >= 15 is 0 Å². The highest BCUT2D eigenvalue weighted by atomic mass is 16.5. The Labute approximate surface area is 130 Å². The quantitative estimate of drug-likeness (QED) is 0.914. The predicted molar refractivity (Wildman–Crippen MR) is 85.5 cm³/mol. The number of aryl methyl sites for hydroxylation is 1. The second-order valence-electron chi connectivity index (χ2n) is 5.76. The summed E-state index contributed by atoms with van der Waals surface area (Å²) in [6, 6.07) is 8.23. The van der Waals surface area contributed by atoms with Gasteiger partial charge in [-0.3, -0.25) is 10.2 Å². The molecule has 3 rings (SSSR count). The number of benzene rings is 1. The first-order valence-corrected chi connectivity index (χ1v) is 7.65. The number of methoxy groups -OCH3 is 1. The van der Waals surface area contributed by atoms with Crippen LogP contribution in [0.3, 0.4) is 0 Å². The minimum atomic E-state index is 0.0351. The number of carbonyl (C=O) groups excluding carboxylic acids is 1. The average molecular weight is 299 g/mol. The van der Waals surface area contributed by atoms with E-state index in [2.05, 4.69) is 42.9 Å². The Balaban J connectivity index is 2.12. The fraction of sp³-hybridized carbons (Fsp3) is 0.412. The van der Waals surface area contributed by atoms with Gasteiger partial charge >= 0.3 is 0 Å². The van der Waals surface area contributed by atoms with E-state index in [9.17, 15) is 4.79 Å². The Morgan fingerprint density at radius 1 is 1.32 bits per heavy atom. The molecule has 22 heavy (non-hydrogen) atoms. The number of carbonyl (C=O) groups is 1. The fourth-order valence-corrected chi connectivity index (χ4v) is 3.03. The van der Waals surface area contributed by atoms with Crippen molar-refractivity contribution >= 4 is 16.8 Å². The molecule has 2 unspecified atom stereocenters. The summed E-state index contributed by atoms with van der Waals surface area (Å²) in [5, 5.41) is 1.07. The Bertz CT molecular complexity index is 714. The largest absolute Gasteiger partial charge is 0.494 e. The number of amides is 1. The van der Waals surface area contributed by atoms with E-state index in [-0.39, 0.29) is 17.9 Å². The smallest absolute Gasteiger partial charge is 0.234 e. The van der Waals surface area contributed by atoms with Crippen LogP contribution in [0, 0.1) is 5.92 Å². The van der Waals surface area contributed by atoms with Crippen molar-refractivity contribution in [2.24, 2.45) is 5.92 Å². The number of hydrogen-bond donors (Lipinski definition) is 2. The molecule has 1 aliphatic rings. The van der Waals surface area contributed by atoms with Gasteiger partial charge in [0, 0.05) is 17.5 Å². The zero-order valence-corrected chi connectivity index (χ0v) is 13.1. The van der Waals surface area contributed by atoms with Gasteiger partial charge in [0.15, 0.2) is 0 Å². The van der Waals surface area contributed by atoms with E-state index in [4.69, 9.17) is 9.72 Å². The van der Waals surface area contributed by atoms with Crippen molar-refractivity contribution in [1.82, 2.24) is 15.8 Å². The van der Waals surface area contributed by atoms with Crippen LogP contribution in [-0.4, -0.2) is 18.0 Å². The van der Waals surface area contributed by atoms with Crippen molar-refractivity contribution in [3.05, 3.63) is 35.5 Å². The molecule has 0 spiro atoms. The highest BCUT2D eigenvalue weighted by Gasteiger charge is 2.28. The molecular weight excluding hydrogens is 278 g/mol. The third-order valence-electron chi connectivity index (χ3n) is 4.27. The van der Waals surface area contributed by atoms with Crippen molar-refractivity contribution in [2.45, 2.75) is 32.7 Å². The second kappa shape index (κ2) is 5.93. The van der Waals surface area contributed by atoms with Crippen molar-refractivity contribution in [3.8, 4) is 5.75 Å². The number of hydrogen-bond acceptors (Lipinski definition) is 4. The normalized spacial score (nSPS) is 21.7. The molecule has 0 saturated carbocycles. The van der Waals surface area contributed by atoms with E-state index in [1.807, 2.05) is 6.07 Å². The van der Waals surface area contributed by atoms with E-state index in [0.29, 0.717) is 6.42 Å². The summed E-state index contributed by atoms with van der Waals surface area (Å²) in [5.74, 6) is 1.03. The molecule has 1 aromatic heterocycles. The predicted octanol–water partition coefficient (Wildman–Crippen LogP) is 2.51. The lowest BCUT2D eigenvalue weighted by atomic mass is 9.88. The maximum atomic E-state index is 11.5. The zero-order chi connectivity index (χ0) is 15.7. The van der Waals surface area contributed by atoms with Crippen molar-refractivity contribution in [3.63, 3.8) is 0 Å². The second-order valence-corrected chi connectivity index (χ2v) is 5.76. The van der Waals surface area contributed by atoms with Crippen LogP contribution in [0.1, 0.15) is 37.6 Å². The summed E-state index contributed by atoms with van der Waals surface area (Å²) in [5.41, 5.74) is 8.92. The summed E-state index contributed by atoms with van der Waals surface area (Å²) in [6.07, 6.45) is 1.41. The molecule has 2 atom stereocenters. The molecule has 0 aliphatic carbocycles. The Hall–Kier alpha value is -2.14. The number of rotatable bonds is 3. The van der Waals surface area contributed by atoms with Crippen LogP contribution in [0.15, 0.2) is 24.3 Å². The molecule has 1 fully saturated rings. The first kappa shape index (κ1) is 14.8. The fourth-order valence-electron chi connectivity index (χ4n) is 3.03. The summed E-state index contributed by atoms with van der Waals surface area (Å²) < 4.78 is 5.46.